The number of ether oxygens (including phenoxy) is 1. The molecule has 0 bridgehead atoms. The summed E-state index contributed by atoms with van der Waals surface area (Å²) in [6.07, 6.45) is 2.22. The zero-order chi connectivity index (χ0) is 13.2. The molecule has 100 valence electrons. The number of aromatic nitrogens is 2. The summed E-state index contributed by atoms with van der Waals surface area (Å²) >= 11 is 0. The molecule has 0 amide bonds. The van der Waals surface area contributed by atoms with Gasteiger partial charge in [0.1, 0.15) is 11.6 Å². The van der Waals surface area contributed by atoms with E-state index in [1.54, 1.807) is 6.07 Å². The van der Waals surface area contributed by atoms with Crippen LogP contribution in [-0.2, 0) is 13.2 Å². The molecule has 1 aromatic carbocycles. The van der Waals surface area contributed by atoms with Crippen LogP contribution >= 0.6 is 0 Å². The molecule has 1 fully saturated rings. The Morgan fingerprint density at radius 1 is 1.42 bits per heavy atom. The van der Waals surface area contributed by atoms with E-state index in [1.165, 1.54) is 12.1 Å². The van der Waals surface area contributed by atoms with Crippen molar-refractivity contribution in [3.8, 4) is 5.75 Å². The Balaban J connectivity index is 1.67. The predicted octanol–water partition coefficient (Wildman–Crippen LogP) is 2.12. The molecular weight excluding hydrogens is 249 g/mol. The fraction of sp³-hybridized carbons (Fsp3) is 0.385. The highest BCUT2D eigenvalue weighted by Gasteiger charge is 2.29. The molecule has 0 atom stereocenters. The summed E-state index contributed by atoms with van der Waals surface area (Å²) in [6.45, 7) is 0.404. The van der Waals surface area contributed by atoms with Gasteiger partial charge in [0.25, 0.3) is 0 Å². The van der Waals surface area contributed by atoms with Crippen LogP contribution in [0.15, 0.2) is 22.7 Å². The lowest BCUT2D eigenvalue weighted by Gasteiger charge is -2.08. The number of halogens is 1. The highest BCUT2D eigenvalue weighted by molar-refractivity contribution is 5.33. The smallest absolute Gasteiger partial charge is 0.229 e. The summed E-state index contributed by atoms with van der Waals surface area (Å²) in [5.41, 5.74) is 6.16. The van der Waals surface area contributed by atoms with Gasteiger partial charge < -0.3 is 15.0 Å². The van der Waals surface area contributed by atoms with Gasteiger partial charge in [0.2, 0.25) is 11.7 Å². The van der Waals surface area contributed by atoms with E-state index >= 15 is 0 Å². The fourth-order valence-electron chi connectivity index (χ4n) is 1.81. The van der Waals surface area contributed by atoms with Crippen molar-refractivity contribution in [3.63, 3.8) is 0 Å². The minimum absolute atomic E-state index is 0.189. The van der Waals surface area contributed by atoms with Crippen molar-refractivity contribution in [2.75, 3.05) is 0 Å². The van der Waals surface area contributed by atoms with Crippen molar-refractivity contribution < 1.29 is 13.7 Å². The first-order chi connectivity index (χ1) is 9.26. The first-order valence-corrected chi connectivity index (χ1v) is 6.20. The van der Waals surface area contributed by atoms with Crippen LogP contribution in [-0.4, -0.2) is 10.1 Å². The molecule has 1 aromatic heterocycles. The average Bonchev–Trinajstić information content (AvgIpc) is 3.17. The Hall–Kier alpha value is -1.95. The number of benzene rings is 1. The Bertz CT molecular complexity index is 581. The molecule has 6 heteroatoms. The molecule has 0 spiro atoms. The zero-order valence-electron chi connectivity index (χ0n) is 10.3. The molecule has 0 unspecified atom stereocenters. The van der Waals surface area contributed by atoms with Crippen molar-refractivity contribution in [3.05, 3.63) is 41.3 Å². The van der Waals surface area contributed by atoms with Crippen LogP contribution in [0.2, 0.25) is 0 Å². The van der Waals surface area contributed by atoms with Gasteiger partial charge in [-0.1, -0.05) is 5.16 Å². The van der Waals surface area contributed by atoms with Crippen molar-refractivity contribution >= 4 is 0 Å². The molecule has 1 saturated carbocycles. The zero-order valence-corrected chi connectivity index (χ0v) is 10.3. The van der Waals surface area contributed by atoms with E-state index in [9.17, 15) is 4.39 Å². The molecule has 2 N–H and O–H groups in total. The third kappa shape index (κ3) is 2.73. The summed E-state index contributed by atoms with van der Waals surface area (Å²) in [4.78, 5) is 4.25. The van der Waals surface area contributed by atoms with E-state index in [0.717, 1.165) is 12.8 Å². The number of hydrogen-bond acceptors (Lipinski definition) is 5. The van der Waals surface area contributed by atoms with Crippen molar-refractivity contribution in [1.29, 1.82) is 0 Å². The van der Waals surface area contributed by atoms with E-state index < -0.39 is 0 Å². The van der Waals surface area contributed by atoms with Gasteiger partial charge in [-0.25, -0.2) is 4.39 Å². The molecule has 5 nitrogen and oxygen atoms in total. The van der Waals surface area contributed by atoms with E-state index in [4.69, 9.17) is 15.0 Å². The van der Waals surface area contributed by atoms with E-state index in [2.05, 4.69) is 10.1 Å². The molecule has 0 aliphatic heterocycles. The molecule has 1 aliphatic carbocycles. The van der Waals surface area contributed by atoms with Gasteiger partial charge in [-0.15, -0.1) is 0 Å². The SMILES string of the molecule is NCc1cc(F)ccc1OCc1noc(C2CC2)n1. The maximum atomic E-state index is 13.0. The molecule has 19 heavy (non-hydrogen) atoms. The maximum absolute atomic E-state index is 13.0. The Kier molecular flexibility index (Phi) is 3.16. The van der Waals surface area contributed by atoms with Gasteiger partial charge in [-0.2, -0.15) is 4.98 Å². The molecular formula is C13H14FN3O2. The van der Waals surface area contributed by atoms with Crippen molar-refractivity contribution in [2.45, 2.75) is 31.9 Å². The van der Waals surface area contributed by atoms with Crippen LogP contribution in [0.5, 0.6) is 5.75 Å². The van der Waals surface area contributed by atoms with Gasteiger partial charge in [0.15, 0.2) is 6.61 Å². The monoisotopic (exact) mass is 263 g/mol. The Morgan fingerprint density at radius 2 is 2.26 bits per heavy atom. The van der Waals surface area contributed by atoms with Crippen LogP contribution in [0.25, 0.3) is 0 Å². The first-order valence-electron chi connectivity index (χ1n) is 6.20. The van der Waals surface area contributed by atoms with Gasteiger partial charge in [-0.05, 0) is 31.0 Å². The van der Waals surface area contributed by atoms with Crippen LogP contribution < -0.4 is 10.5 Å². The van der Waals surface area contributed by atoms with Crippen LogP contribution in [0.4, 0.5) is 4.39 Å². The minimum Gasteiger partial charge on any atom is -0.485 e. The number of hydrogen-bond donors (Lipinski definition) is 1. The highest BCUT2D eigenvalue weighted by Crippen LogP contribution is 2.38. The van der Waals surface area contributed by atoms with Crippen LogP contribution in [0.1, 0.15) is 36.0 Å². The van der Waals surface area contributed by atoms with Gasteiger partial charge >= 0.3 is 0 Å². The van der Waals surface area contributed by atoms with E-state index in [-0.39, 0.29) is 19.0 Å². The minimum atomic E-state index is -0.330. The average molecular weight is 263 g/mol. The number of nitrogens with zero attached hydrogens (tertiary/aromatic N) is 2. The molecule has 2 aromatic rings. The lowest BCUT2D eigenvalue weighted by Crippen LogP contribution is -2.04. The standard InChI is InChI=1S/C13H14FN3O2/c14-10-3-4-11(9(5-10)6-15)18-7-12-16-13(19-17-12)8-1-2-8/h3-5,8H,1-2,6-7,15H2. The quantitative estimate of drug-likeness (QED) is 0.894. The molecule has 1 aliphatic rings. The van der Waals surface area contributed by atoms with Gasteiger partial charge in [0.05, 0.1) is 0 Å². The van der Waals surface area contributed by atoms with Gasteiger partial charge in [0, 0.05) is 18.0 Å². The summed E-state index contributed by atoms with van der Waals surface area (Å²) < 4.78 is 23.7. The summed E-state index contributed by atoms with van der Waals surface area (Å²) in [7, 11) is 0. The largest absolute Gasteiger partial charge is 0.485 e. The van der Waals surface area contributed by atoms with E-state index in [0.29, 0.717) is 28.9 Å². The second kappa shape index (κ2) is 4.97. The van der Waals surface area contributed by atoms with Crippen molar-refractivity contribution in [2.24, 2.45) is 5.73 Å². The van der Waals surface area contributed by atoms with Crippen LogP contribution in [0, 0.1) is 5.82 Å². The first kappa shape index (κ1) is 12.1. The van der Waals surface area contributed by atoms with Crippen LogP contribution in [0.3, 0.4) is 0 Å². The van der Waals surface area contributed by atoms with Crippen molar-refractivity contribution in [1.82, 2.24) is 10.1 Å². The topological polar surface area (TPSA) is 74.2 Å². The van der Waals surface area contributed by atoms with E-state index in [1.807, 2.05) is 0 Å². The molecule has 0 saturated heterocycles. The Labute approximate surface area is 109 Å². The molecule has 3 rings (SSSR count). The van der Waals surface area contributed by atoms with Gasteiger partial charge in [-0.3, -0.25) is 0 Å². The third-order valence-corrected chi connectivity index (χ3v) is 3.01. The summed E-state index contributed by atoms with van der Waals surface area (Å²) in [6, 6.07) is 4.25. The normalized spacial score (nSPS) is 14.6. The highest BCUT2D eigenvalue weighted by atomic mass is 19.1. The maximum Gasteiger partial charge on any atom is 0.229 e. The lowest BCUT2D eigenvalue weighted by molar-refractivity contribution is 0.282. The lowest BCUT2D eigenvalue weighted by atomic mass is 10.2. The summed E-state index contributed by atoms with van der Waals surface area (Å²) in [5, 5.41) is 3.85. The summed E-state index contributed by atoms with van der Waals surface area (Å²) in [5.74, 6) is 1.81. The molecule has 0 radical (unpaired) electrons. The molecule has 1 heterocycles. The third-order valence-electron chi connectivity index (χ3n) is 3.01. The number of nitrogens with two attached hydrogens (primary N) is 1. The Morgan fingerprint density at radius 3 is 3.00 bits per heavy atom. The second-order valence-electron chi connectivity index (χ2n) is 4.57. The predicted molar refractivity (Wildman–Crippen MR) is 64.9 cm³/mol. The number of rotatable bonds is 5. The second-order valence-corrected chi connectivity index (χ2v) is 4.57. The fourth-order valence-corrected chi connectivity index (χ4v) is 1.81.